The van der Waals surface area contributed by atoms with Crippen molar-refractivity contribution in [2.45, 2.75) is 0 Å². The van der Waals surface area contributed by atoms with E-state index in [2.05, 4.69) is 4.98 Å². The van der Waals surface area contributed by atoms with Crippen molar-refractivity contribution in [1.82, 2.24) is 4.98 Å². The fraction of sp³-hybridized carbons (Fsp3) is 0.0769. The maximum atomic E-state index is 13.2. The van der Waals surface area contributed by atoms with Gasteiger partial charge in [0.15, 0.2) is 0 Å². The first-order chi connectivity index (χ1) is 8.61. The fourth-order valence-corrected chi connectivity index (χ4v) is 1.60. The quantitative estimate of drug-likeness (QED) is 0.905. The molecule has 0 atom stereocenters. The Morgan fingerprint density at radius 2 is 2.11 bits per heavy atom. The summed E-state index contributed by atoms with van der Waals surface area (Å²) in [5, 5.41) is 9.05. The minimum atomic E-state index is -1.11. The SMILES string of the molecule is COc1ccc(-c2cc(F)ccc2C(=O)O)cn1. The number of aromatic nitrogens is 1. The Hall–Kier alpha value is -2.43. The van der Waals surface area contributed by atoms with Crippen molar-refractivity contribution in [1.29, 1.82) is 0 Å². The molecule has 2 rings (SSSR count). The van der Waals surface area contributed by atoms with Crippen LogP contribution in [0, 0.1) is 5.82 Å². The molecule has 1 N–H and O–H groups in total. The highest BCUT2D eigenvalue weighted by molar-refractivity contribution is 5.95. The molecule has 18 heavy (non-hydrogen) atoms. The molecule has 0 aliphatic rings. The van der Waals surface area contributed by atoms with Gasteiger partial charge in [-0.1, -0.05) is 0 Å². The number of hydrogen-bond donors (Lipinski definition) is 1. The Bertz CT molecular complexity index is 581. The molecule has 0 aliphatic carbocycles. The Kier molecular flexibility index (Phi) is 3.23. The summed E-state index contributed by atoms with van der Waals surface area (Å²) in [5.41, 5.74) is 0.841. The van der Waals surface area contributed by atoms with Gasteiger partial charge in [-0.2, -0.15) is 0 Å². The van der Waals surface area contributed by atoms with Crippen LogP contribution in [-0.4, -0.2) is 23.2 Å². The second-order valence-corrected chi connectivity index (χ2v) is 3.58. The number of carboxylic acid groups (broad SMARTS) is 1. The summed E-state index contributed by atoms with van der Waals surface area (Å²) in [6.45, 7) is 0. The molecule has 0 amide bonds. The molecule has 0 spiro atoms. The third kappa shape index (κ3) is 2.29. The lowest BCUT2D eigenvalue weighted by atomic mass is 10.0. The van der Waals surface area contributed by atoms with Crippen molar-refractivity contribution in [2.75, 3.05) is 7.11 Å². The minimum Gasteiger partial charge on any atom is -0.481 e. The normalized spacial score (nSPS) is 10.1. The topological polar surface area (TPSA) is 59.4 Å². The first kappa shape index (κ1) is 12.0. The van der Waals surface area contributed by atoms with E-state index < -0.39 is 11.8 Å². The van der Waals surface area contributed by atoms with Crippen LogP contribution >= 0.6 is 0 Å². The summed E-state index contributed by atoms with van der Waals surface area (Å²) in [6, 6.07) is 6.74. The van der Waals surface area contributed by atoms with E-state index in [0.717, 1.165) is 6.07 Å². The second kappa shape index (κ2) is 4.83. The Labute approximate surface area is 103 Å². The van der Waals surface area contributed by atoms with E-state index >= 15 is 0 Å². The summed E-state index contributed by atoms with van der Waals surface area (Å²) in [4.78, 5) is 15.0. The van der Waals surface area contributed by atoms with Gasteiger partial charge in [-0.05, 0) is 24.3 Å². The lowest BCUT2D eigenvalue weighted by Crippen LogP contribution is -2.00. The van der Waals surface area contributed by atoms with Gasteiger partial charge in [0.2, 0.25) is 5.88 Å². The average molecular weight is 247 g/mol. The lowest BCUT2D eigenvalue weighted by Gasteiger charge is -2.07. The molecule has 2 aromatic rings. The van der Waals surface area contributed by atoms with E-state index in [1.54, 1.807) is 12.1 Å². The zero-order valence-corrected chi connectivity index (χ0v) is 9.55. The highest BCUT2D eigenvalue weighted by Gasteiger charge is 2.13. The van der Waals surface area contributed by atoms with Crippen LogP contribution in [0.3, 0.4) is 0 Å². The van der Waals surface area contributed by atoms with Crippen LogP contribution in [0.25, 0.3) is 11.1 Å². The molecule has 0 saturated carbocycles. The van der Waals surface area contributed by atoms with Crippen LogP contribution in [0.15, 0.2) is 36.5 Å². The summed E-state index contributed by atoms with van der Waals surface area (Å²) in [6.07, 6.45) is 1.44. The van der Waals surface area contributed by atoms with Crippen LogP contribution in [0.5, 0.6) is 5.88 Å². The van der Waals surface area contributed by atoms with E-state index in [-0.39, 0.29) is 11.1 Å². The molecule has 0 saturated heterocycles. The van der Waals surface area contributed by atoms with Crippen molar-refractivity contribution in [2.24, 2.45) is 0 Å². The van der Waals surface area contributed by atoms with E-state index in [9.17, 15) is 9.18 Å². The molecule has 0 radical (unpaired) electrons. The maximum absolute atomic E-state index is 13.2. The number of ether oxygens (including phenoxy) is 1. The summed E-state index contributed by atoms with van der Waals surface area (Å²) < 4.78 is 18.1. The zero-order valence-electron chi connectivity index (χ0n) is 9.55. The van der Waals surface area contributed by atoms with Gasteiger partial charge < -0.3 is 9.84 Å². The van der Waals surface area contributed by atoms with Gasteiger partial charge in [0.05, 0.1) is 12.7 Å². The standard InChI is InChI=1S/C13H10FNO3/c1-18-12-5-2-8(7-15-12)11-6-9(14)3-4-10(11)13(16)17/h2-7H,1H3,(H,16,17). The Morgan fingerprint density at radius 3 is 2.67 bits per heavy atom. The molecule has 92 valence electrons. The van der Waals surface area contributed by atoms with Crippen molar-refractivity contribution in [3.8, 4) is 17.0 Å². The molecular formula is C13H10FNO3. The van der Waals surface area contributed by atoms with Crippen LogP contribution in [0.1, 0.15) is 10.4 Å². The number of hydrogen-bond acceptors (Lipinski definition) is 3. The average Bonchev–Trinajstić information content (AvgIpc) is 2.38. The van der Waals surface area contributed by atoms with Gasteiger partial charge in [-0.15, -0.1) is 0 Å². The number of pyridine rings is 1. The molecule has 1 heterocycles. The van der Waals surface area contributed by atoms with Crippen molar-refractivity contribution < 1.29 is 19.0 Å². The number of benzene rings is 1. The molecular weight excluding hydrogens is 237 g/mol. The van der Waals surface area contributed by atoms with Gasteiger partial charge in [0.25, 0.3) is 0 Å². The predicted octanol–water partition coefficient (Wildman–Crippen LogP) is 2.59. The number of nitrogens with zero attached hydrogens (tertiary/aromatic N) is 1. The first-order valence-corrected chi connectivity index (χ1v) is 5.15. The van der Waals surface area contributed by atoms with Crippen LogP contribution in [0.4, 0.5) is 4.39 Å². The lowest BCUT2D eigenvalue weighted by molar-refractivity contribution is 0.0697. The monoisotopic (exact) mass is 247 g/mol. The molecule has 0 fully saturated rings. The molecule has 0 bridgehead atoms. The molecule has 0 unspecified atom stereocenters. The molecule has 1 aromatic heterocycles. The fourth-order valence-electron chi connectivity index (χ4n) is 1.60. The summed E-state index contributed by atoms with van der Waals surface area (Å²) >= 11 is 0. The largest absolute Gasteiger partial charge is 0.481 e. The highest BCUT2D eigenvalue weighted by Crippen LogP contribution is 2.25. The van der Waals surface area contributed by atoms with Crippen molar-refractivity contribution in [3.05, 3.63) is 47.9 Å². The predicted molar refractivity (Wildman–Crippen MR) is 63.1 cm³/mol. The highest BCUT2D eigenvalue weighted by atomic mass is 19.1. The smallest absolute Gasteiger partial charge is 0.336 e. The third-order valence-electron chi connectivity index (χ3n) is 2.47. The molecule has 5 heteroatoms. The van der Waals surface area contributed by atoms with Crippen LogP contribution in [-0.2, 0) is 0 Å². The van der Waals surface area contributed by atoms with E-state index in [0.29, 0.717) is 11.4 Å². The van der Waals surface area contributed by atoms with Gasteiger partial charge in [-0.3, -0.25) is 0 Å². The van der Waals surface area contributed by atoms with E-state index in [1.807, 2.05) is 0 Å². The molecule has 1 aromatic carbocycles. The van der Waals surface area contributed by atoms with Crippen LogP contribution in [0.2, 0.25) is 0 Å². The van der Waals surface area contributed by atoms with Crippen molar-refractivity contribution >= 4 is 5.97 Å². The van der Waals surface area contributed by atoms with Crippen LogP contribution < -0.4 is 4.74 Å². The summed E-state index contributed by atoms with van der Waals surface area (Å²) in [7, 11) is 1.48. The van der Waals surface area contributed by atoms with Gasteiger partial charge >= 0.3 is 5.97 Å². The second-order valence-electron chi connectivity index (χ2n) is 3.58. The van der Waals surface area contributed by atoms with Crippen molar-refractivity contribution in [3.63, 3.8) is 0 Å². The van der Waals surface area contributed by atoms with E-state index in [1.165, 1.54) is 25.4 Å². The molecule has 0 aliphatic heterocycles. The number of methoxy groups -OCH3 is 1. The number of halogens is 1. The Balaban J connectivity index is 2.54. The van der Waals surface area contributed by atoms with E-state index in [4.69, 9.17) is 9.84 Å². The number of carbonyl (C=O) groups is 1. The number of carboxylic acids is 1. The Morgan fingerprint density at radius 1 is 1.33 bits per heavy atom. The number of rotatable bonds is 3. The summed E-state index contributed by atoms with van der Waals surface area (Å²) in [5.74, 6) is -1.20. The molecule has 4 nitrogen and oxygen atoms in total. The first-order valence-electron chi connectivity index (χ1n) is 5.15. The zero-order chi connectivity index (χ0) is 13.1. The van der Waals surface area contributed by atoms with Gasteiger partial charge in [0.1, 0.15) is 5.82 Å². The van der Waals surface area contributed by atoms with Gasteiger partial charge in [0, 0.05) is 23.4 Å². The third-order valence-corrected chi connectivity index (χ3v) is 2.47. The maximum Gasteiger partial charge on any atom is 0.336 e. The minimum absolute atomic E-state index is 0.0309. The number of aromatic carboxylic acids is 1. The van der Waals surface area contributed by atoms with Gasteiger partial charge in [-0.25, -0.2) is 14.2 Å².